The second-order valence-electron chi connectivity index (χ2n) is 5.59. The lowest BCUT2D eigenvalue weighted by Crippen LogP contribution is -1.86. The standard InChI is InChI=1S/C19H11ClN4/c20-14-8-2-1-5-11(14)19-23-17-12-6-3-9-21-15(12)16-13(18(17)24-19)7-4-10-22-16/h1-10H,(H,23,24). The molecule has 4 nitrogen and oxygen atoms in total. The molecule has 114 valence electrons. The molecule has 0 spiro atoms. The summed E-state index contributed by atoms with van der Waals surface area (Å²) >= 11 is 6.34. The van der Waals surface area contributed by atoms with Gasteiger partial charge in [-0.1, -0.05) is 23.7 Å². The molecular formula is C19H11ClN4. The number of fused-ring (bicyclic) bond motifs is 6. The molecule has 0 aliphatic carbocycles. The van der Waals surface area contributed by atoms with Gasteiger partial charge in [0.25, 0.3) is 0 Å². The lowest BCUT2D eigenvalue weighted by Gasteiger charge is -2.03. The number of nitrogens with one attached hydrogen (secondary N) is 1. The van der Waals surface area contributed by atoms with Gasteiger partial charge in [0.15, 0.2) is 0 Å². The summed E-state index contributed by atoms with van der Waals surface area (Å²) in [5.74, 6) is 0.747. The van der Waals surface area contributed by atoms with Gasteiger partial charge in [-0.05, 0) is 36.4 Å². The van der Waals surface area contributed by atoms with Crippen molar-refractivity contribution >= 4 is 44.4 Å². The fourth-order valence-electron chi connectivity index (χ4n) is 3.12. The molecule has 3 heterocycles. The van der Waals surface area contributed by atoms with Crippen LogP contribution < -0.4 is 0 Å². The topological polar surface area (TPSA) is 54.5 Å². The van der Waals surface area contributed by atoms with Crippen molar-refractivity contribution in [2.45, 2.75) is 0 Å². The van der Waals surface area contributed by atoms with Gasteiger partial charge in [-0.25, -0.2) is 4.98 Å². The number of imidazole rings is 1. The smallest absolute Gasteiger partial charge is 0.140 e. The van der Waals surface area contributed by atoms with E-state index >= 15 is 0 Å². The molecule has 5 aromatic rings. The highest BCUT2D eigenvalue weighted by Crippen LogP contribution is 2.34. The summed E-state index contributed by atoms with van der Waals surface area (Å²) in [6, 6.07) is 15.6. The first-order valence-corrected chi connectivity index (χ1v) is 7.97. The molecule has 0 saturated heterocycles. The minimum atomic E-state index is 0.668. The lowest BCUT2D eigenvalue weighted by molar-refractivity contribution is 1.34. The van der Waals surface area contributed by atoms with Gasteiger partial charge in [0.05, 0.1) is 27.1 Å². The Bertz CT molecular complexity index is 1150. The van der Waals surface area contributed by atoms with E-state index in [4.69, 9.17) is 16.6 Å². The molecule has 0 amide bonds. The molecule has 0 saturated carbocycles. The maximum atomic E-state index is 6.34. The van der Waals surface area contributed by atoms with Crippen molar-refractivity contribution < 1.29 is 0 Å². The zero-order valence-electron chi connectivity index (χ0n) is 12.5. The molecule has 24 heavy (non-hydrogen) atoms. The zero-order valence-corrected chi connectivity index (χ0v) is 13.2. The van der Waals surface area contributed by atoms with Crippen LogP contribution in [0.25, 0.3) is 44.2 Å². The van der Waals surface area contributed by atoms with Gasteiger partial charge in [-0.3, -0.25) is 9.97 Å². The lowest BCUT2D eigenvalue weighted by atomic mass is 10.1. The first-order valence-electron chi connectivity index (χ1n) is 7.59. The SMILES string of the molecule is Clc1ccccc1-c1nc2c3cccnc3c3ncccc3c2[nH]1. The minimum Gasteiger partial charge on any atom is -0.337 e. The van der Waals surface area contributed by atoms with Crippen LogP contribution in [0.15, 0.2) is 60.9 Å². The largest absolute Gasteiger partial charge is 0.337 e. The Morgan fingerprint density at radius 1 is 0.750 bits per heavy atom. The summed E-state index contributed by atoms with van der Waals surface area (Å²) in [4.78, 5) is 17.3. The fraction of sp³-hybridized carbons (Fsp3) is 0. The van der Waals surface area contributed by atoms with Crippen molar-refractivity contribution in [3.05, 3.63) is 65.9 Å². The predicted molar refractivity (Wildman–Crippen MR) is 97.1 cm³/mol. The van der Waals surface area contributed by atoms with Crippen molar-refractivity contribution in [3.63, 3.8) is 0 Å². The molecule has 2 aromatic carbocycles. The number of hydrogen-bond acceptors (Lipinski definition) is 3. The van der Waals surface area contributed by atoms with E-state index < -0.39 is 0 Å². The second-order valence-corrected chi connectivity index (χ2v) is 6.00. The molecule has 5 rings (SSSR count). The van der Waals surface area contributed by atoms with Crippen LogP contribution in [0.3, 0.4) is 0 Å². The van der Waals surface area contributed by atoms with Gasteiger partial charge in [0.2, 0.25) is 0 Å². The molecule has 1 N–H and O–H groups in total. The van der Waals surface area contributed by atoms with Gasteiger partial charge >= 0.3 is 0 Å². The molecule has 0 bridgehead atoms. The van der Waals surface area contributed by atoms with Crippen molar-refractivity contribution in [2.75, 3.05) is 0 Å². The summed E-state index contributed by atoms with van der Waals surface area (Å²) in [5.41, 5.74) is 4.44. The maximum Gasteiger partial charge on any atom is 0.140 e. The Morgan fingerprint density at radius 3 is 2.25 bits per heavy atom. The maximum absolute atomic E-state index is 6.34. The number of pyridine rings is 2. The molecular weight excluding hydrogens is 320 g/mol. The van der Waals surface area contributed by atoms with Crippen molar-refractivity contribution in [1.29, 1.82) is 0 Å². The molecule has 0 aliphatic heterocycles. The number of aromatic amines is 1. The summed E-state index contributed by atoms with van der Waals surface area (Å²) in [5, 5.41) is 2.65. The van der Waals surface area contributed by atoms with E-state index in [0.717, 1.165) is 44.2 Å². The van der Waals surface area contributed by atoms with E-state index in [2.05, 4.69) is 15.0 Å². The quantitative estimate of drug-likeness (QED) is 0.441. The van der Waals surface area contributed by atoms with Crippen LogP contribution in [0.2, 0.25) is 5.02 Å². The third-order valence-corrected chi connectivity index (χ3v) is 4.53. The molecule has 0 aliphatic rings. The van der Waals surface area contributed by atoms with Crippen LogP contribution in [0.1, 0.15) is 0 Å². The molecule has 3 aromatic heterocycles. The summed E-state index contributed by atoms with van der Waals surface area (Å²) in [7, 11) is 0. The number of halogens is 1. The van der Waals surface area contributed by atoms with Crippen molar-refractivity contribution in [3.8, 4) is 11.4 Å². The molecule has 5 heteroatoms. The Morgan fingerprint density at radius 2 is 1.46 bits per heavy atom. The van der Waals surface area contributed by atoms with Gasteiger partial charge < -0.3 is 4.98 Å². The normalized spacial score (nSPS) is 11.5. The third kappa shape index (κ3) is 1.83. The van der Waals surface area contributed by atoms with Gasteiger partial charge in [0, 0.05) is 28.7 Å². The number of benzene rings is 2. The van der Waals surface area contributed by atoms with E-state index in [1.54, 1.807) is 12.4 Å². The minimum absolute atomic E-state index is 0.668. The predicted octanol–water partition coefficient (Wildman–Crippen LogP) is 4.98. The van der Waals surface area contributed by atoms with Gasteiger partial charge in [0.1, 0.15) is 5.82 Å². The zero-order chi connectivity index (χ0) is 16.1. The highest BCUT2D eigenvalue weighted by molar-refractivity contribution is 6.33. The van der Waals surface area contributed by atoms with Crippen LogP contribution in [0.5, 0.6) is 0 Å². The molecule has 0 radical (unpaired) electrons. The molecule has 0 unspecified atom stereocenters. The highest BCUT2D eigenvalue weighted by atomic mass is 35.5. The number of rotatable bonds is 1. The summed E-state index contributed by atoms with van der Waals surface area (Å²) < 4.78 is 0. The van der Waals surface area contributed by atoms with Crippen LogP contribution in [0, 0.1) is 0 Å². The molecule has 0 fully saturated rings. The Hall–Kier alpha value is -2.98. The number of hydrogen-bond donors (Lipinski definition) is 1. The second kappa shape index (κ2) is 5.01. The van der Waals surface area contributed by atoms with E-state index in [9.17, 15) is 0 Å². The summed E-state index contributed by atoms with van der Waals surface area (Å²) in [6.07, 6.45) is 3.57. The Labute approximate surface area is 142 Å². The number of aromatic nitrogens is 4. The third-order valence-electron chi connectivity index (χ3n) is 4.20. The van der Waals surface area contributed by atoms with E-state index in [0.29, 0.717) is 5.02 Å². The van der Waals surface area contributed by atoms with E-state index in [1.807, 2.05) is 48.5 Å². The Balaban J connectivity index is 1.98. The molecule has 0 atom stereocenters. The Kier molecular flexibility index (Phi) is 2.81. The first-order chi connectivity index (χ1) is 11.8. The van der Waals surface area contributed by atoms with Crippen LogP contribution in [0.4, 0.5) is 0 Å². The van der Waals surface area contributed by atoms with Gasteiger partial charge in [-0.15, -0.1) is 0 Å². The van der Waals surface area contributed by atoms with Crippen molar-refractivity contribution in [1.82, 2.24) is 19.9 Å². The highest BCUT2D eigenvalue weighted by Gasteiger charge is 2.15. The van der Waals surface area contributed by atoms with E-state index in [1.165, 1.54) is 0 Å². The average Bonchev–Trinajstić information content (AvgIpc) is 3.08. The van der Waals surface area contributed by atoms with E-state index in [-0.39, 0.29) is 0 Å². The van der Waals surface area contributed by atoms with Gasteiger partial charge in [-0.2, -0.15) is 0 Å². The number of H-pyrrole nitrogens is 1. The summed E-state index contributed by atoms with van der Waals surface area (Å²) in [6.45, 7) is 0. The van der Waals surface area contributed by atoms with Crippen LogP contribution in [-0.2, 0) is 0 Å². The number of nitrogens with zero attached hydrogens (tertiary/aromatic N) is 3. The fourth-order valence-corrected chi connectivity index (χ4v) is 3.35. The van der Waals surface area contributed by atoms with Crippen LogP contribution >= 0.6 is 11.6 Å². The van der Waals surface area contributed by atoms with Crippen molar-refractivity contribution in [2.24, 2.45) is 0 Å². The van der Waals surface area contributed by atoms with Crippen LogP contribution in [-0.4, -0.2) is 19.9 Å². The monoisotopic (exact) mass is 330 g/mol. The average molecular weight is 331 g/mol. The first kappa shape index (κ1) is 13.5.